The average molecular weight is 764 g/mol. The lowest BCUT2D eigenvalue weighted by atomic mass is 9.87. The summed E-state index contributed by atoms with van der Waals surface area (Å²) >= 11 is 9.88. The summed E-state index contributed by atoms with van der Waals surface area (Å²) in [5, 5.41) is 19.6. The Kier molecular flexibility index (Phi) is 11.2. The van der Waals surface area contributed by atoms with Crippen molar-refractivity contribution >= 4 is 59.2 Å². The van der Waals surface area contributed by atoms with Crippen molar-refractivity contribution in [3.8, 4) is 5.88 Å². The largest absolute Gasteiger partial charge is 0.480 e. The maximum Gasteiger partial charge on any atom is 0.322 e. The predicted octanol–water partition coefficient (Wildman–Crippen LogP) is 4.20. The average Bonchev–Trinajstić information content (AvgIpc) is 3.44. The van der Waals surface area contributed by atoms with Crippen molar-refractivity contribution in [2.45, 2.75) is 73.3 Å². The van der Waals surface area contributed by atoms with Gasteiger partial charge in [0, 0.05) is 39.1 Å². The zero-order valence-corrected chi connectivity index (χ0v) is 29.6. The number of aliphatic hydroxyl groups is 1. The number of aromatic nitrogens is 1. The van der Waals surface area contributed by atoms with Gasteiger partial charge in [-0.2, -0.15) is 8.61 Å². The fourth-order valence-corrected chi connectivity index (χ4v) is 10.9. The van der Waals surface area contributed by atoms with Gasteiger partial charge < -0.3 is 19.8 Å². The first-order chi connectivity index (χ1) is 21.8. The number of ether oxygens (including phenoxy) is 1. The lowest BCUT2D eigenvalue weighted by molar-refractivity contribution is -0.140. The molecule has 4 heterocycles. The van der Waals surface area contributed by atoms with E-state index in [0.717, 1.165) is 68.0 Å². The number of methoxy groups -OCH3 is 1. The van der Waals surface area contributed by atoms with Gasteiger partial charge in [-0.25, -0.2) is 21.8 Å². The molecular weight excluding hydrogens is 724 g/mol. The fourth-order valence-electron chi connectivity index (χ4n) is 6.76. The Bertz CT molecular complexity index is 1630. The van der Waals surface area contributed by atoms with E-state index in [4.69, 9.17) is 16.3 Å². The van der Waals surface area contributed by atoms with Crippen LogP contribution < -0.4 is 9.64 Å². The normalized spacial score (nSPS) is 22.7. The SMILES string of the molecule is COc1ncc(S(=O)(=O)N2CCC(CCCC3CCN(c4ccc(S(=O)(=O)N5CC(O)CC5C(=O)O)cc4Cl)CC3)CC2)cc1Br. The number of hydrogen-bond donors (Lipinski definition) is 2. The van der Waals surface area contributed by atoms with Crippen molar-refractivity contribution < 1.29 is 36.6 Å². The summed E-state index contributed by atoms with van der Waals surface area (Å²) in [5.74, 6) is 0.119. The molecule has 0 amide bonds. The maximum absolute atomic E-state index is 13.2. The molecule has 2 unspecified atom stereocenters. The van der Waals surface area contributed by atoms with Gasteiger partial charge in [0.15, 0.2) is 0 Å². The molecule has 0 bridgehead atoms. The summed E-state index contributed by atoms with van der Waals surface area (Å²) in [7, 11) is -6.28. The Balaban J connectivity index is 1.07. The molecule has 3 fully saturated rings. The molecule has 46 heavy (non-hydrogen) atoms. The molecule has 3 saturated heterocycles. The number of rotatable bonds is 11. The van der Waals surface area contributed by atoms with Crippen molar-refractivity contribution in [2.24, 2.45) is 11.8 Å². The zero-order chi connectivity index (χ0) is 33.2. The van der Waals surface area contributed by atoms with E-state index in [-0.39, 0.29) is 27.8 Å². The zero-order valence-electron chi connectivity index (χ0n) is 25.6. The maximum atomic E-state index is 13.2. The van der Waals surface area contributed by atoms with E-state index in [2.05, 4.69) is 25.8 Å². The van der Waals surface area contributed by atoms with E-state index in [1.807, 2.05) is 0 Å². The van der Waals surface area contributed by atoms with E-state index in [0.29, 0.717) is 35.3 Å². The third-order valence-corrected chi connectivity index (χ3v) is 14.0. The minimum Gasteiger partial charge on any atom is -0.480 e. The predicted molar refractivity (Wildman–Crippen MR) is 176 cm³/mol. The van der Waals surface area contributed by atoms with E-state index < -0.39 is 38.2 Å². The smallest absolute Gasteiger partial charge is 0.322 e. The summed E-state index contributed by atoms with van der Waals surface area (Å²) in [6.45, 7) is 2.31. The molecule has 0 aliphatic carbocycles. The number of nitrogens with zero attached hydrogens (tertiary/aromatic N) is 4. The van der Waals surface area contributed by atoms with Crippen molar-refractivity contribution in [1.29, 1.82) is 0 Å². The number of aliphatic carboxylic acids is 1. The van der Waals surface area contributed by atoms with Crippen molar-refractivity contribution in [2.75, 3.05) is 44.7 Å². The molecule has 1 aromatic heterocycles. The Morgan fingerprint density at radius 1 is 1.00 bits per heavy atom. The van der Waals surface area contributed by atoms with Gasteiger partial charge in [0.25, 0.3) is 0 Å². The number of anilines is 1. The van der Waals surface area contributed by atoms with Crippen LogP contribution in [0.3, 0.4) is 0 Å². The third kappa shape index (κ3) is 7.66. The number of hydrogen-bond acceptors (Lipinski definition) is 9. The van der Waals surface area contributed by atoms with Gasteiger partial charge in [0.1, 0.15) is 10.9 Å². The van der Waals surface area contributed by atoms with Crippen LogP contribution in [0, 0.1) is 11.8 Å². The highest BCUT2D eigenvalue weighted by Gasteiger charge is 2.43. The number of piperidine rings is 2. The molecule has 2 aromatic rings. The first kappa shape index (κ1) is 35.3. The van der Waals surface area contributed by atoms with E-state index in [1.165, 1.54) is 31.5 Å². The summed E-state index contributed by atoms with van der Waals surface area (Å²) in [6, 6.07) is 4.72. The number of pyridine rings is 1. The quantitative estimate of drug-likeness (QED) is 0.340. The van der Waals surface area contributed by atoms with Gasteiger partial charge in [-0.1, -0.05) is 30.9 Å². The minimum atomic E-state index is -4.14. The molecule has 0 spiro atoms. The molecule has 0 saturated carbocycles. The molecule has 1 aromatic carbocycles. The second-order valence-corrected chi connectivity index (χ2v) is 17.4. The van der Waals surface area contributed by atoms with Crippen LogP contribution in [0.1, 0.15) is 51.4 Å². The second-order valence-electron chi connectivity index (χ2n) is 12.3. The van der Waals surface area contributed by atoms with Gasteiger partial charge in [0.05, 0.1) is 39.5 Å². The molecular formula is C30H40BrClN4O8S2. The molecule has 5 rings (SSSR count). The van der Waals surface area contributed by atoms with E-state index in [1.54, 1.807) is 10.4 Å². The number of carbonyl (C=O) groups is 1. The monoisotopic (exact) mass is 762 g/mol. The molecule has 2 N–H and O–H groups in total. The first-order valence-electron chi connectivity index (χ1n) is 15.5. The van der Waals surface area contributed by atoms with Crippen molar-refractivity contribution in [3.63, 3.8) is 0 Å². The lowest BCUT2D eigenvalue weighted by Crippen LogP contribution is -2.40. The number of halogens is 2. The highest BCUT2D eigenvalue weighted by Crippen LogP contribution is 2.36. The van der Waals surface area contributed by atoms with Crippen LogP contribution in [0.15, 0.2) is 44.7 Å². The summed E-state index contributed by atoms with van der Waals surface area (Å²) in [4.78, 5) is 17.9. The molecule has 0 radical (unpaired) electrons. The van der Waals surface area contributed by atoms with E-state index >= 15 is 0 Å². The van der Waals surface area contributed by atoms with Gasteiger partial charge in [-0.3, -0.25) is 4.79 Å². The number of sulfonamides is 2. The number of carboxylic acids is 1. The molecule has 2 atom stereocenters. The molecule has 12 nitrogen and oxygen atoms in total. The van der Waals surface area contributed by atoms with Crippen LogP contribution in [0.4, 0.5) is 5.69 Å². The van der Waals surface area contributed by atoms with Crippen LogP contribution >= 0.6 is 27.5 Å². The summed E-state index contributed by atoms with van der Waals surface area (Å²) in [6.07, 6.45) is 7.07. The van der Waals surface area contributed by atoms with Crippen LogP contribution in [0.25, 0.3) is 0 Å². The number of β-amino-alcohol motifs (C(OH)–C–C–N with tert-alkyl or cyclic N) is 1. The summed E-state index contributed by atoms with van der Waals surface area (Å²) in [5.41, 5.74) is 0.745. The van der Waals surface area contributed by atoms with Crippen molar-refractivity contribution in [1.82, 2.24) is 13.6 Å². The van der Waals surface area contributed by atoms with Gasteiger partial charge in [-0.05, 0) is 77.7 Å². The van der Waals surface area contributed by atoms with Gasteiger partial charge >= 0.3 is 5.97 Å². The van der Waals surface area contributed by atoms with Crippen LogP contribution in [-0.4, -0.2) is 98.6 Å². The van der Waals surface area contributed by atoms with Crippen molar-refractivity contribution in [3.05, 3.63) is 40.0 Å². The fraction of sp³-hybridized carbons (Fsp3) is 0.600. The number of benzene rings is 1. The third-order valence-electron chi connectivity index (χ3n) is 9.41. The van der Waals surface area contributed by atoms with Crippen LogP contribution in [0.2, 0.25) is 5.02 Å². The minimum absolute atomic E-state index is 0.0919. The lowest BCUT2D eigenvalue weighted by Gasteiger charge is -2.35. The van der Waals surface area contributed by atoms with Gasteiger partial charge in [-0.15, -0.1) is 0 Å². The van der Waals surface area contributed by atoms with Gasteiger partial charge in [0.2, 0.25) is 25.9 Å². The first-order valence-corrected chi connectivity index (χ1v) is 19.5. The second kappa shape index (κ2) is 14.6. The molecule has 16 heteroatoms. The topological polar surface area (TPSA) is 158 Å². The Morgan fingerprint density at radius 2 is 1.63 bits per heavy atom. The molecule has 3 aliphatic rings. The van der Waals surface area contributed by atoms with E-state index in [9.17, 15) is 31.8 Å². The standard InChI is InChI=1S/C30H40BrClN4O8S2/c1-44-29-25(31)16-24(18-33-29)45(40,41)35-13-9-21(10-14-35)4-2-3-20-7-11-34(12-8-20)27-6-5-23(17-26(27)32)46(42,43)36-19-22(37)15-28(36)30(38)39/h5-6,16-18,20-22,28,37H,2-4,7-15,19H2,1H3,(H,38,39). The molecule has 3 aliphatic heterocycles. The Labute approximate surface area is 283 Å². The van der Waals surface area contributed by atoms with Crippen LogP contribution in [0.5, 0.6) is 5.88 Å². The van der Waals surface area contributed by atoms with Crippen LogP contribution in [-0.2, 0) is 24.8 Å². The summed E-state index contributed by atoms with van der Waals surface area (Å²) < 4.78 is 60.6. The number of aliphatic hydroxyl groups excluding tert-OH is 1. The highest BCUT2D eigenvalue weighted by atomic mass is 79.9. The highest BCUT2D eigenvalue weighted by molar-refractivity contribution is 9.10. The molecule has 254 valence electrons. The Hall–Kier alpha value is -2.01. The Morgan fingerprint density at radius 3 is 2.20 bits per heavy atom. The number of carboxylic acid groups (broad SMARTS) is 1.